The van der Waals surface area contributed by atoms with Crippen LogP contribution < -0.4 is 4.72 Å². The smallest absolute Gasteiger partial charge is 0.241 e. The number of rotatable bonds is 5. The van der Waals surface area contributed by atoms with E-state index in [1.807, 2.05) is 37.3 Å². The van der Waals surface area contributed by atoms with E-state index in [0.29, 0.717) is 0 Å². The molecule has 1 aliphatic carbocycles. The van der Waals surface area contributed by atoms with Crippen LogP contribution in [0.5, 0.6) is 0 Å². The standard InChI is InChI=1S/C22H22N2O2S/c1-16-11-13-17(14-12-16)22(21-15-18-7-5-6-10-20(18)23-21)24-27(25,26)19-8-3-2-4-9-19/h2-6,8-9,11-15,22-24H,7,10H2,1H3. The molecule has 3 aromatic rings. The van der Waals surface area contributed by atoms with Gasteiger partial charge in [0, 0.05) is 17.8 Å². The molecule has 0 amide bonds. The van der Waals surface area contributed by atoms with Crippen molar-refractivity contribution in [2.24, 2.45) is 0 Å². The Morgan fingerprint density at radius 1 is 0.963 bits per heavy atom. The summed E-state index contributed by atoms with van der Waals surface area (Å²) < 4.78 is 28.8. The van der Waals surface area contributed by atoms with Gasteiger partial charge < -0.3 is 4.98 Å². The van der Waals surface area contributed by atoms with E-state index in [1.54, 1.807) is 24.3 Å². The zero-order chi connectivity index (χ0) is 18.9. The Hall–Kier alpha value is -2.63. The molecule has 0 saturated carbocycles. The first-order valence-electron chi connectivity index (χ1n) is 9.02. The molecular weight excluding hydrogens is 356 g/mol. The van der Waals surface area contributed by atoms with Gasteiger partial charge in [0.1, 0.15) is 0 Å². The number of aryl methyl sites for hydroxylation is 1. The van der Waals surface area contributed by atoms with Gasteiger partial charge in [-0.05, 0) is 42.7 Å². The van der Waals surface area contributed by atoms with Crippen molar-refractivity contribution in [1.29, 1.82) is 0 Å². The number of aromatic nitrogens is 1. The Kier molecular flexibility index (Phi) is 4.72. The SMILES string of the molecule is Cc1ccc(C(NS(=O)(=O)c2ccccc2)c2cc3c([nH]2)CC=CC3)cc1. The van der Waals surface area contributed by atoms with Crippen molar-refractivity contribution in [1.82, 2.24) is 9.71 Å². The highest BCUT2D eigenvalue weighted by Crippen LogP contribution is 2.28. The van der Waals surface area contributed by atoms with Crippen LogP contribution in [0.4, 0.5) is 0 Å². The topological polar surface area (TPSA) is 62.0 Å². The van der Waals surface area contributed by atoms with E-state index in [2.05, 4.69) is 27.9 Å². The zero-order valence-electron chi connectivity index (χ0n) is 15.1. The average Bonchev–Trinajstić information content (AvgIpc) is 3.12. The Bertz CT molecular complexity index is 1040. The average molecular weight is 378 g/mol. The number of benzene rings is 2. The molecule has 2 aromatic carbocycles. The predicted molar refractivity (Wildman–Crippen MR) is 107 cm³/mol. The summed E-state index contributed by atoms with van der Waals surface area (Å²) in [7, 11) is -3.65. The lowest BCUT2D eigenvalue weighted by Gasteiger charge is -2.19. The molecule has 0 fully saturated rings. The number of nitrogens with one attached hydrogen (secondary N) is 2. The Morgan fingerprint density at radius 2 is 1.67 bits per heavy atom. The Morgan fingerprint density at radius 3 is 2.37 bits per heavy atom. The molecule has 1 aromatic heterocycles. The van der Waals surface area contributed by atoms with Gasteiger partial charge in [-0.2, -0.15) is 4.72 Å². The van der Waals surface area contributed by atoms with Gasteiger partial charge in [0.15, 0.2) is 0 Å². The largest absolute Gasteiger partial charge is 0.360 e. The molecule has 0 saturated heterocycles. The number of sulfonamides is 1. The second kappa shape index (κ2) is 7.18. The lowest BCUT2D eigenvalue weighted by atomic mass is 10.0. The first-order valence-corrected chi connectivity index (χ1v) is 10.5. The molecular formula is C22H22N2O2S. The third kappa shape index (κ3) is 3.75. The third-order valence-electron chi connectivity index (χ3n) is 4.89. The molecule has 4 rings (SSSR count). The highest BCUT2D eigenvalue weighted by molar-refractivity contribution is 7.89. The van der Waals surface area contributed by atoms with Crippen LogP contribution in [0.3, 0.4) is 0 Å². The van der Waals surface area contributed by atoms with Crippen LogP contribution in [0.1, 0.15) is 34.1 Å². The van der Waals surface area contributed by atoms with E-state index >= 15 is 0 Å². The number of aromatic amines is 1. The van der Waals surface area contributed by atoms with Crippen molar-refractivity contribution in [3.05, 3.63) is 101 Å². The molecule has 5 heteroatoms. The lowest BCUT2D eigenvalue weighted by molar-refractivity contribution is 0.570. The molecule has 1 aliphatic rings. The molecule has 0 bridgehead atoms. The maximum absolute atomic E-state index is 13.0. The maximum atomic E-state index is 13.0. The Labute approximate surface area is 160 Å². The van der Waals surface area contributed by atoms with Crippen LogP contribution in [0.15, 0.2) is 77.7 Å². The molecule has 1 heterocycles. The summed E-state index contributed by atoms with van der Waals surface area (Å²) in [5, 5.41) is 0. The third-order valence-corrected chi connectivity index (χ3v) is 6.33. The molecule has 0 radical (unpaired) electrons. The van der Waals surface area contributed by atoms with Gasteiger partial charge in [0.25, 0.3) is 0 Å². The van der Waals surface area contributed by atoms with Crippen molar-refractivity contribution >= 4 is 10.0 Å². The van der Waals surface area contributed by atoms with Gasteiger partial charge >= 0.3 is 0 Å². The molecule has 0 spiro atoms. The summed E-state index contributed by atoms with van der Waals surface area (Å²) in [5.41, 5.74) is 5.30. The molecule has 1 atom stereocenters. The number of allylic oxidation sites excluding steroid dienone is 2. The monoisotopic (exact) mass is 378 g/mol. The zero-order valence-corrected chi connectivity index (χ0v) is 16.0. The summed E-state index contributed by atoms with van der Waals surface area (Å²) in [6.07, 6.45) is 6.01. The van der Waals surface area contributed by atoms with E-state index < -0.39 is 16.1 Å². The fourth-order valence-electron chi connectivity index (χ4n) is 3.39. The summed E-state index contributed by atoms with van der Waals surface area (Å²) in [6.45, 7) is 2.02. The van der Waals surface area contributed by atoms with Gasteiger partial charge in [-0.15, -0.1) is 0 Å². The second-order valence-corrected chi connectivity index (χ2v) is 8.60. The normalized spacial score (nSPS) is 14.7. The lowest BCUT2D eigenvalue weighted by Crippen LogP contribution is -2.29. The fraction of sp³-hybridized carbons (Fsp3) is 0.182. The first-order chi connectivity index (χ1) is 13.0. The van der Waals surface area contributed by atoms with Crippen molar-refractivity contribution in [2.45, 2.75) is 30.7 Å². The summed E-state index contributed by atoms with van der Waals surface area (Å²) in [5.74, 6) is 0. The minimum atomic E-state index is -3.65. The van der Waals surface area contributed by atoms with E-state index in [0.717, 1.165) is 35.4 Å². The van der Waals surface area contributed by atoms with Crippen molar-refractivity contribution in [2.75, 3.05) is 0 Å². The summed E-state index contributed by atoms with van der Waals surface area (Å²) >= 11 is 0. The second-order valence-electron chi connectivity index (χ2n) is 6.89. The van der Waals surface area contributed by atoms with Gasteiger partial charge in [-0.25, -0.2) is 8.42 Å². The van der Waals surface area contributed by atoms with Gasteiger partial charge in [-0.1, -0.05) is 60.2 Å². The maximum Gasteiger partial charge on any atom is 0.241 e. The van der Waals surface area contributed by atoms with Crippen LogP contribution >= 0.6 is 0 Å². The summed E-state index contributed by atoms with van der Waals surface area (Å²) in [4.78, 5) is 3.71. The van der Waals surface area contributed by atoms with E-state index in [9.17, 15) is 8.42 Å². The fourth-order valence-corrected chi connectivity index (χ4v) is 4.61. The quantitative estimate of drug-likeness (QED) is 0.658. The first kappa shape index (κ1) is 17.8. The van der Waals surface area contributed by atoms with E-state index in [1.165, 1.54) is 5.56 Å². The molecule has 138 valence electrons. The van der Waals surface area contributed by atoms with E-state index in [-0.39, 0.29) is 4.90 Å². The number of hydrogen-bond acceptors (Lipinski definition) is 2. The van der Waals surface area contributed by atoms with Crippen molar-refractivity contribution in [3.8, 4) is 0 Å². The molecule has 1 unspecified atom stereocenters. The van der Waals surface area contributed by atoms with Crippen LogP contribution in [0.25, 0.3) is 0 Å². The molecule has 2 N–H and O–H groups in total. The molecule has 0 aliphatic heterocycles. The highest BCUT2D eigenvalue weighted by Gasteiger charge is 2.25. The van der Waals surface area contributed by atoms with Crippen molar-refractivity contribution < 1.29 is 8.42 Å². The minimum absolute atomic E-state index is 0.264. The number of H-pyrrole nitrogens is 1. The van der Waals surface area contributed by atoms with Crippen LogP contribution in [-0.2, 0) is 22.9 Å². The van der Waals surface area contributed by atoms with Crippen LogP contribution in [0, 0.1) is 6.92 Å². The summed E-state index contributed by atoms with van der Waals surface area (Å²) in [6, 6.07) is 18.1. The highest BCUT2D eigenvalue weighted by atomic mass is 32.2. The van der Waals surface area contributed by atoms with Gasteiger partial charge in [0.05, 0.1) is 10.9 Å². The van der Waals surface area contributed by atoms with Crippen LogP contribution in [0.2, 0.25) is 0 Å². The Balaban J connectivity index is 1.75. The van der Waals surface area contributed by atoms with Crippen molar-refractivity contribution in [3.63, 3.8) is 0 Å². The van der Waals surface area contributed by atoms with Gasteiger partial charge in [-0.3, -0.25) is 0 Å². The number of hydrogen-bond donors (Lipinski definition) is 2. The van der Waals surface area contributed by atoms with E-state index in [4.69, 9.17) is 0 Å². The van der Waals surface area contributed by atoms with Gasteiger partial charge in [0.2, 0.25) is 10.0 Å². The number of fused-ring (bicyclic) bond motifs is 1. The minimum Gasteiger partial charge on any atom is -0.360 e. The predicted octanol–water partition coefficient (Wildman–Crippen LogP) is 4.05. The molecule has 27 heavy (non-hydrogen) atoms. The molecule has 4 nitrogen and oxygen atoms in total. The van der Waals surface area contributed by atoms with Crippen LogP contribution in [-0.4, -0.2) is 13.4 Å².